The van der Waals surface area contributed by atoms with E-state index in [-0.39, 0.29) is 11.3 Å². The van der Waals surface area contributed by atoms with Gasteiger partial charge in [-0.05, 0) is 30.5 Å². The summed E-state index contributed by atoms with van der Waals surface area (Å²) in [5.41, 5.74) is 1.06. The van der Waals surface area contributed by atoms with Crippen molar-refractivity contribution in [2.75, 3.05) is 6.54 Å². The van der Waals surface area contributed by atoms with Crippen LogP contribution in [0.1, 0.15) is 37.2 Å². The number of halogens is 1. The molecule has 3 heteroatoms. The lowest BCUT2D eigenvalue weighted by Gasteiger charge is -2.28. The van der Waals surface area contributed by atoms with E-state index in [0.717, 1.165) is 24.4 Å². The minimum Gasteiger partial charge on any atom is -0.355 e. The molecule has 2 aliphatic rings. The summed E-state index contributed by atoms with van der Waals surface area (Å²) >= 11 is 6.05. The van der Waals surface area contributed by atoms with Crippen molar-refractivity contribution in [2.24, 2.45) is 5.41 Å². The van der Waals surface area contributed by atoms with E-state index in [1.54, 1.807) is 0 Å². The molecule has 1 N–H and O–H groups in total. The van der Waals surface area contributed by atoms with Crippen molar-refractivity contribution in [3.8, 4) is 0 Å². The monoisotopic (exact) mass is 249 g/mol. The van der Waals surface area contributed by atoms with E-state index in [2.05, 4.69) is 11.4 Å². The number of hydrogen-bond acceptors (Lipinski definition) is 1. The van der Waals surface area contributed by atoms with Crippen molar-refractivity contribution in [3.63, 3.8) is 0 Å². The van der Waals surface area contributed by atoms with Gasteiger partial charge in [0.15, 0.2) is 0 Å². The Balaban J connectivity index is 2.00. The molecule has 0 unspecified atom stereocenters. The van der Waals surface area contributed by atoms with Crippen molar-refractivity contribution in [1.82, 2.24) is 5.32 Å². The Labute approximate surface area is 106 Å². The van der Waals surface area contributed by atoms with Crippen molar-refractivity contribution < 1.29 is 4.79 Å². The highest BCUT2D eigenvalue weighted by Gasteiger charge is 2.51. The van der Waals surface area contributed by atoms with E-state index in [4.69, 9.17) is 11.6 Å². The maximum atomic E-state index is 12.1. The fourth-order valence-corrected chi connectivity index (χ4v) is 3.66. The van der Waals surface area contributed by atoms with Crippen molar-refractivity contribution >= 4 is 17.5 Å². The Hall–Kier alpha value is -1.02. The third kappa shape index (κ3) is 1.66. The van der Waals surface area contributed by atoms with E-state index >= 15 is 0 Å². The first-order chi connectivity index (χ1) is 8.22. The van der Waals surface area contributed by atoms with Crippen LogP contribution in [0.5, 0.6) is 0 Å². The van der Waals surface area contributed by atoms with E-state index in [0.29, 0.717) is 5.92 Å². The average molecular weight is 250 g/mol. The summed E-state index contributed by atoms with van der Waals surface area (Å²) < 4.78 is 0. The smallest absolute Gasteiger partial charge is 0.226 e. The third-order valence-corrected chi connectivity index (χ3v) is 4.57. The molecule has 0 aromatic heterocycles. The van der Waals surface area contributed by atoms with Gasteiger partial charge in [-0.15, -0.1) is 0 Å². The lowest BCUT2D eigenvalue weighted by Crippen LogP contribution is -2.31. The molecule has 1 heterocycles. The summed E-state index contributed by atoms with van der Waals surface area (Å²) in [5.74, 6) is 0.552. The second-order valence-corrected chi connectivity index (χ2v) is 5.62. The van der Waals surface area contributed by atoms with E-state index < -0.39 is 0 Å². The Morgan fingerprint density at radius 2 is 2.06 bits per heavy atom. The number of hydrogen-bond donors (Lipinski definition) is 1. The van der Waals surface area contributed by atoms with Crippen molar-refractivity contribution in [2.45, 2.75) is 31.6 Å². The molecular formula is C14H16ClNO. The molecule has 1 spiro atoms. The summed E-state index contributed by atoms with van der Waals surface area (Å²) in [6.07, 6.45) is 4.39. The molecule has 90 valence electrons. The van der Waals surface area contributed by atoms with Crippen LogP contribution in [-0.2, 0) is 4.79 Å². The van der Waals surface area contributed by atoms with E-state index in [9.17, 15) is 4.79 Å². The van der Waals surface area contributed by atoms with Gasteiger partial charge in [-0.2, -0.15) is 0 Å². The minimum atomic E-state index is -0.148. The first-order valence-corrected chi connectivity index (χ1v) is 6.64. The minimum absolute atomic E-state index is 0.148. The standard InChI is InChI=1S/C14H16ClNO/c15-11-5-3-4-10(8-11)12-9-16-13(17)14(12)6-1-2-7-14/h3-5,8,12H,1-2,6-7,9H2,(H,16,17)/t12-/m1/s1. The zero-order valence-electron chi connectivity index (χ0n) is 9.71. The largest absolute Gasteiger partial charge is 0.355 e. The SMILES string of the molecule is O=C1NC[C@H](c2cccc(Cl)c2)C12CCCC2. The lowest BCUT2D eigenvalue weighted by atomic mass is 9.73. The molecule has 17 heavy (non-hydrogen) atoms. The van der Waals surface area contributed by atoms with Crippen LogP contribution < -0.4 is 5.32 Å². The van der Waals surface area contributed by atoms with Gasteiger partial charge in [0.05, 0.1) is 5.41 Å². The molecule has 2 fully saturated rings. The fraction of sp³-hybridized carbons (Fsp3) is 0.500. The van der Waals surface area contributed by atoms with Gasteiger partial charge in [0, 0.05) is 17.5 Å². The van der Waals surface area contributed by atoms with Crippen LogP contribution in [0.2, 0.25) is 5.02 Å². The number of carbonyl (C=O) groups is 1. The quantitative estimate of drug-likeness (QED) is 0.814. The Bertz CT molecular complexity index is 451. The van der Waals surface area contributed by atoms with Crippen LogP contribution >= 0.6 is 11.6 Å². The summed E-state index contributed by atoms with van der Waals surface area (Å²) in [5, 5.41) is 3.80. The van der Waals surface area contributed by atoms with Gasteiger partial charge in [-0.25, -0.2) is 0 Å². The normalized spacial score (nSPS) is 26.4. The second-order valence-electron chi connectivity index (χ2n) is 5.18. The summed E-state index contributed by atoms with van der Waals surface area (Å²) in [4.78, 5) is 12.1. The molecule has 1 atom stereocenters. The van der Waals surface area contributed by atoms with Gasteiger partial charge < -0.3 is 5.32 Å². The Morgan fingerprint density at radius 3 is 2.76 bits per heavy atom. The van der Waals surface area contributed by atoms with Crippen LogP contribution in [0.15, 0.2) is 24.3 Å². The number of benzene rings is 1. The number of carbonyl (C=O) groups excluding carboxylic acids is 1. The van der Waals surface area contributed by atoms with Crippen LogP contribution in [0, 0.1) is 5.41 Å². The predicted molar refractivity (Wildman–Crippen MR) is 68.1 cm³/mol. The van der Waals surface area contributed by atoms with E-state index in [1.807, 2.05) is 18.2 Å². The second kappa shape index (κ2) is 4.02. The summed E-state index contributed by atoms with van der Waals surface area (Å²) in [6, 6.07) is 7.96. The first kappa shape index (κ1) is 11.1. The third-order valence-electron chi connectivity index (χ3n) is 4.33. The molecule has 2 nitrogen and oxygen atoms in total. The van der Waals surface area contributed by atoms with Gasteiger partial charge >= 0.3 is 0 Å². The van der Waals surface area contributed by atoms with Crippen molar-refractivity contribution in [1.29, 1.82) is 0 Å². The molecule has 0 bridgehead atoms. The fourth-order valence-electron chi connectivity index (χ4n) is 3.47. The molecule has 1 aliphatic heterocycles. The molecule has 1 saturated heterocycles. The van der Waals surface area contributed by atoms with E-state index in [1.165, 1.54) is 18.4 Å². The lowest BCUT2D eigenvalue weighted by molar-refractivity contribution is -0.127. The zero-order chi connectivity index (χ0) is 11.9. The number of amides is 1. The van der Waals surface area contributed by atoms with Gasteiger partial charge in [0.25, 0.3) is 0 Å². The van der Waals surface area contributed by atoms with Crippen LogP contribution in [0.4, 0.5) is 0 Å². The summed E-state index contributed by atoms with van der Waals surface area (Å²) in [7, 11) is 0. The van der Waals surface area contributed by atoms with Gasteiger partial charge in [-0.3, -0.25) is 4.79 Å². The topological polar surface area (TPSA) is 29.1 Å². The van der Waals surface area contributed by atoms with Crippen LogP contribution in [0.25, 0.3) is 0 Å². The molecule has 1 aromatic carbocycles. The van der Waals surface area contributed by atoms with Crippen molar-refractivity contribution in [3.05, 3.63) is 34.9 Å². The first-order valence-electron chi connectivity index (χ1n) is 6.26. The van der Waals surface area contributed by atoms with Gasteiger partial charge in [0.1, 0.15) is 0 Å². The maximum Gasteiger partial charge on any atom is 0.226 e. The predicted octanol–water partition coefficient (Wildman–Crippen LogP) is 3.11. The highest BCUT2D eigenvalue weighted by atomic mass is 35.5. The molecule has 1 aliphatic carbocycles. The maximum absolute atomic E-state index is 12.1. The number of nitrogens with one attached hydrogen (secondary N) is 1. The van der Waals surface area contributed by atoms with Gasteiger partial charge in [0.2, 0.25) is 5.91 Å². The molecule has 1 aromatic rings. The molecule has 1 saturated carbocycles. The zero-order valence-corrected chi connectivity index (χ0v) is 10.5. The molecule has 1 amide bonds. The highest BCUT2D eigenvalue weighted by Crippen LogP contribution is 2.51. The summed E-state index contributed by atoms with van der Waals surface area (Å²) in [6.45, 7) is 0.763. The molecule has 0 radical (unpaired) electrons. The Morgan fingerprint density at radius 1 is 1.29 bits per heavy atom. The molecule has 3 rings (SSSR count). The number of rotatable bonds is 1. The average Bonchev–Trinajstić information content (AvgIpc) is 2.90. The van der Waals surface area contributed by atoms with Crippen LogP contribution in [0.3, 0.4) is 0 Å². The Kier molecular flexibility index (Phi) is 2.62. The molecular weight excluding hydrogens is 234 g/mol. The van der Waals surface area contributed by atoms with Crippen LogP contribution in [-0.4, -0.2) is 12.5 Å². The van der Waals surface area contributed by atoms with Gasteiger partial charge in [-0.1, -0.05) is 36.6 Å². The highest BCUT2D eigenvalue weighted by molar-refractivity contribution is 6.30.